The first-order valence-electron chi connectivity index (χ1n) is 25.0. The molecule has 0 bridgehead atoms. The molecule has 4 heteroatoms. The molecule has 0 aliphatic carbocycles. The van der Waals surface area contributed by atoms with E-state index in [9.17, 15) is 2.74 Å². The molecular weight excluding hydrogens is 849 g/mol. The van der Waals surface area contributed by atoms with Crippen LogP contribution in [-0.4, -0.2) is 8.80 Å². The summed E-state index contributed by atoms with van der Waals surface area (Å²) in [6.45, 7) is 0. The van der Waals surface area contributed by atoms with Crippen LogP contribution in [0.4, 0.5) is 34.1 Å². The molecule has 0 atom stereocenters. The van der Waals surface area contributed by atoms with Gasteiger partial charge in [-0.3, -0.25) is 0 Å². The van der Waals surface area contributed by atoms with E-state index in [1.807, 2.05) is 48.5 Å². The highest BCUT2D eigenvalue weighted by atomic mass is 15.2. The molecule has 0 spiro atoms. The minimum absolute atomic E-state index is 0.460. The van der Waals surface area contributed by atoms with E-state index in [-0.39, 0.29) is 0 Å². The van der Waals surface area contributed by atoms with Gasteiger partial charge in [0.05, 0.1) is 47.2 Å². The number of nitrogens with zero attached hydrogens (tertiary/aromatic N) is 4. The predicted molar refractivity (Wildman–Crippen MR) is 296 cm³/mol. The van der Waals surface area contributed by atoms with Gasteiger partial charge in [0.25, 0.3) is 0 Å². The Morgan fingerprint density at radius 3 is 0.986 bits per heavy atom. The van der Waals surface area contributed by atoms with Crippen LogP contribution in [0.15, 0.2) is 255 Å². The van der Waals surface area contributed by atoms with Crippen molar-refractivity contribution in [2.24, 2.45) is 0 Å². The Morgan fingerprint density at radius 2 is 0.600 bits per heavy atom. The molecular formula is C66H42N4. The molecule has 0 fully saturated rings. The Labute approximate surface area is 406 Å². The third-order valence-corrected chi connectivity index (χ3v) is 14.5. The zero-order chi connectivity index (χ0) is 47.6. The van der Waals surface area contributed by atoms with Crippen molar-refractivity contribution in [3.05, 3.63) is 255 Å². The standard InChI is InChI=1S/C66H42N4/c1-7-23-43(24-8-1)57-61-51-37-19-35-49-60-54(68(47-31-15-5-16-32-47)48-33-17-6-18-34-48)40-22-42-56(60)70(63(49)51)66(61)58(44-25-9-2-10-26-44)62-52-38-20-36-50-59-53(39-21-41-55(59)69(64(50)52)65(57)62)67(45-27-11-3-12-28-45)46-29-13-4-14-30-46/h1-42H/i27D,31D. The van der Waals surface area contributed by atoms with Crippen molar-refractivity contribution in [3.63, 3.8) is 0 Å². The molecule has 0 aliphatic rings. The van der Waals surface area contributed by atoms with Gasteiger partial charge in [-0.15, -0.1) is 0 Å². The van der Waals surface area contributed by atoms with Crippen molar-refractivity contribution in [1.82, 2.24) is 8.80 Å². The molecule has 0 unspecified atom stereocenters. The van der Waals surface area contributed by atoms with E-state index in [0.29, 0.717) is 12.1 Å². The Balaban J connectivity index is 1.15. The number of hydrogen-bond acceptors (Lipinski definition) is 2. The molecule has 11 aromatic carbocycles. The van der Waals surface area contributed by atoms with Gasteiger partial charge in [0.2, 0.25) is 0 Å². The summed E-state index contributed by atoms with van der Waals surface area (Å²) in [6.07, 6.45) is 0. The van der Waals surface area contributed by atoms with Gasteiger partial charge in [0, 0.05) is 77.0 Å². The summed E-state index contributed by atoms with van der Waals surface area (Å²) in [5, 5.41) is 9.36. The average Bonchev–Trinajstić information content (AvgIpc) is 4.18. The number of rotatable bonds is 8. The van der Waals surface area contributed by atoms with Gasteiger partial charge < -0.3 is 18.6 Å². The molecule has 70 heavy (non-hydrogen) atoms. The van der Waals surface area contributed by atoms with Crippen molar-refractivity contribution >= 4 is 110 Å². The van der Waals surface area contributed by atoms with Crippen LogP contribution in [0.2, 0.25) is 0 Å². The first-order chi connectivity index (χ1) is 35.7. The summed E-state index contributed by atoms with van der Waals surface area (Å²) >= 11 is 0. The van der Waals surface area contributed by atoms with Gasteiger partial charge in [-0.05, 0) is 83.9 Å². The lowest BCUT2D eigenvalue weighted by Crippen LogP contribution is -2.10. The summed E-state index contributed by atoms with van der Waals surface area (Å²) in [5.74, 6) is 0. The summed E-state index contributed by atoms with van der Waals surface area (Å²) < 4.78 is 23.6. The molecule has 0 saturated carbocycles. The Kier molecular flexibility index (Phi) is 7.90. The van der Waals surface area contributed by atoms with Crippen LogP contribution in [0, 0.1) is 0 Å². The molecule has 0 N–H and O–H groups in total. The number of benzene rings is 11. The molecule has 4 aromatic heterocycles. The monoisotopic (exact) mass is 892 g/mol. The molecule has 326 valence electrons. The second kappa shape index (κ2) is 15.1. The van der Waals surface area contributed by atoms with Gasteiger partial charge >= 0.3 is 0 Å². The SMILES string of the molecule is [2H]c1ccccc1N(c1ccccc1)c1cccc2c1c1cccc3c4c(-c5ccccc5)c5c(c(-c6ccccc6)c4n2c13)c1cccc2c3c(N(c4ccccc4)c4ccccc4[2H])cccc3n5c21. The fourth-order valence-corrected chi connectivity index (χ4v) is 11.9. The molecule has 0 aliphatic heterocycles. The van der Waals surface area contributed by atoms with Gasteiger partial charge in [-0.2, -0.15) is 0 Å². The van der Waals surface area contributed by atoms with Crippen molar-refractivity contribution in [1.29, 1.82) is 0 Å². The highest BCUT2D eigenvalue weighted by Gasteiger charge is 2.32. The maximum Gasteiger partial charge on any atom is 0.0645 e. The van der Waals surface area contributed by atoms with Gasteiger partial charge in [-0.1, -0.05) is 182 Å². The summed E-state index contributed by atoms with van der Waals surface area (Å²) in [5.41, 5.74) is 17.2. The molecule has 15 aromatic rings. The fraction of sp³-hybridized carbons (Fsp3) is 0. The van der Waals surface area contributed by atoms with Crippen LogP contribution >= 0.6 is 0 Å². The average molecular weight is 893 g/mol. The molecule has 0 radical (unpaired) electrons. The van der Waals surface area contributed by atoms with Crippen LogP contribution in [0.3, 0.4) is 0 Å². The van der Waals surface area contributed by atoms with E-state index in [0.717, 1.165) is 77.8 Å². The van der Waals surface area contributed by atoms with Crippen molar-refractivity contribution < 1.29 is 2.74 Å². The molecule has 0 saturated heterocycles. The van der Waals surface area contributed by atoms with Gasteiger partial charge in [0.1, 0.15) is 0 Å². The lowest BCUT2D eigenvalue weighted by molar-refractivity contribution is 1.29. The van der Waals surface area contributed by atoms with Crippen LogP contribution in [0.25, 0.3) is 98.4 Å². The highest BCUT2D eigenvalue weighted by Crippen LogP contribution is 2.56. The van der Waals surface area contributed by atoms with Crippen molar-refractivity contribution in [2.45, 2.75) is 0 Å². The Bertz CT molecular complexity index is 4290. The third-order valence-electron chi connectivity index (χ3n) is 14.5. The quantitative estimate of drug-likeness (QED) is 0.151. The lowest BCUT2D eigenvalue weighted by Gasteiger charge is -2.26. The van der Waals surface area contributed by atoms with E-state index < -0.39 is 0 Å². The van der Waals surface area contributed by atoms with Crippen LogP contribution < -0.4 is 9.80 Å². The summed E-state index contributed by atoms with van der Waals surface area (Å²) in [6, 6.07) is 86.7. The highest BCUT2D eigenvalue weighted by molar-refractivity contribution is 6.39. The van der Waals surface area contributed by atoms with Crippen molar-refractivity contribution in [2.75, 3.05) is 9.80 Å². The van der Waals surface area contributed by atoms with E-state index >= 15 is 0 Å². The predicted octanol–water partition coefficient (Wildman–Crippen LogP) is 18.3. The Morgan fingerprint density at radius 1 is 0.271 bits per heavy atom. The number of fused-ring (bicyclic) bond motifs is 12. The molecule has 4 nitrogen and oxygen atoms in total. The van der Waals surface area contributed by atoms with E-state index in [1.165, 1.54) is 54.7 Å². The van der Waals surface area contributed by atoms with E-state index in [1.54, 1.807) is 0 Å². The number of hydrogen-bond donors (Lipinski definition) is 0. The molecule has 15 rings (SSSR count). The largest absolute Gasteiger partial charge is 0.310 e. The molecule has 0 amide bonds. The van der Waals surface area contributed by atoms with Crippen LogP contribution in [0.5, 0.6) is 0 Å². The maximum absolute atomic E-state index is 9.22. The van der Waals surface area contributed by atoms with Crippen LogP contribution in [-0.2, 0) is 0 Å². The fourth-order valence-electron chi connectivity index (χ4n) is 11.9. The van der Waals surface area contributed by atoms with Crippen molar-refractivity contribution in [3.8, 4) is 22.3 Å². The number of para-hydroxylation sites is 6. The smallest absolute Gasteiger partial charge is 0.0645 e. The Hall–Kier alpha value is -9.38. The minimum atomic E-state index is 0.460. The van der Waals surface area contributed by atoms with E-state index in [4.69, 9.17) is 0 Å². The maximum atomic E-state index is 9.22. The number of aromatic nitrogens is 2. The zero-order valence-corrected chi connectivity index (χ0v) is 37.9. The first-order valence-corrected chi connectivity index (χ1v) is 24.0. The zero-order valence-electron chi connectivity index (χ0n) is 39.9. The number of anilines is 6. The van der Waals surface area contributed by atoms with Gasteiger partial charge in [0.15, 0.2) is 0 Å². The van der Waals surface area contributed by atoms with Gasteiger partial charge in [-0.25, -0.2) is 0 Å². The third kappa shape index (κ3) is 5.36. The minimum Gasteiger partial charge on any atom is -0.310 e. The van der Waals surface area contributed by atoms with Crippen LogP contribution in [0.1, 0.15) is 2.74 Å². The molecule has 4 heterocycles. The summed E-state index contributed by atoms with van der Waals surface area (Å²) in [7, 11) is 0. The first kappa shape index (κ1) is 36.7. The van der Waals surface area contributed by atoms with E-state index in [2.05, 4.69) is 213 Å². The summed E-state index contributed by atoms with van der Waals surface area (Å²) in [4.78, 5) is 4.52. The topological polar surface area (TPSA) is 15.3 Å². The second-order valence-electron chi connectivity index (χ2n) is 18.2. The lowest BCUT2D eigenvalue weighted by atomic mass is 9.89. The normalized spacial score (nSPS) is 12.4. The second-order valence-corrected chi connectivity index (χ2v) is 18.2.